The third kappa shape index (κ3) is 3.39. The molecule has 0 aliphatic rings. The molecule has 0 fully saturated rings. The van der Waals surface area contributed by atoms with Crippen LogP contribution >= 0.6 is 11.6 Å². The number of aromatic nitrogens is 5. The molecule has 0 radical (unpaired) electrons. The number of halogens is 1. The van der Waals surface area contributed by atoms with Gasteiger partial charge in [0.25, 0.3) is 5.56 Å². The minimum absolute atomic E-state index is 0.219. The Labute approximate surface area is 198 Å². The molecule has 0 amide bonds. The van der Waals surface area contributed by atoms with E-state index in [9.17, 15) is 4.79 Å². The van der Waals surface area contributed by atoms with Crippen molar-refractivity contribution in [3.8, 4) is 34.1 Å². The highest BCUT2D eigenvalue weighted by Gasteiger charge is 2.19. The first-order valence-electron chi connectivity index (χ1n) is 10.5. The molecule has 0 atom stereocenters. The van der Waals surface area contributed by atoms with Crippen LogP contribution in [0.15, 0.2) is 107 Å². The molecule has 0 bridgehead atoms. The van der Waals surface area contributed by atoms with E-state index in [1.54, 1.807) is 52.0 Å². The number of hydrogen-bond donors (Lipinski definition) is 0. The highest BCUT2D eigenvalue weighted by molar-refractivity contribution is 6.30. The second-order valence-corrected chi connectivity index (χ2v) is 8.07. The van der Waals surface area contributed by atoms with Gasteiger partial charge in [0.05, 0.1) is 23.8 Å². The van der Waals surface area contributed by atoms with E-state index in [-0.39, 0.29) is 5.56 Å². The van der Waals surface area contributed by atoms with E-state index in [1.165, 1.54) is 0 Å². The molecule has 3 aromatic heterocycles. The summed E-state index contributed by atoms with van der Waals surface area (Å²) < 4.78 is 8.51. The van der Waals surface area contributed by atoms with Crippen LogP contribution in [0.25, 0.3) is 45.1 Å². The molecule has 0 saturated heterocycles. The molecule has 0 spiro atoms. The Hall–Kier alpha value is -4.49. The van der Waals surface area contributed by atoms with Gasteiger partial charge in [0.15, 0.2) is 11.4 Å². The Kier molecular flexibility index (Phi) is 4.82. The average Bonchev–Trinajstić information content (AvgIpc) is 3.56. The molecule has 0 unspecified atom stereocenters. The van der Waals surface area contributed by atoms with Crippen LogP contribution in [0, 0.1) is 0 Å². The predicted octanol–water partition coefficient (Wildman–Crippen LogP) is 5.55. The number of rotatable bonds is 4. The Balaban J connectivity index is 1.61. The number of hydrogen-bond acceptors (Lipinski definition) is 5. The lowest BCUT2D eigenvalue weighted by Crippen LogP contribution is -2.22. The minimum atomic E-state index is -0.219. The lowest BCUT2D eigenvalue weighted by molar-refractivity contribution is 0.432. The van der Waals surface area contributed by atoms with E-state index >= 15 is 0 Å². The molecule has 0 aliphatic carbocycles. The summed E-state index contributed by atoms with van der Waals surface area (Å²) in [6, 6.07) is 26.1. The summed E-state index contributed by atoms with van der Waals surface area (Å²) in [5.74, 6) is 1.15. The van der Waals surface area contributed by atoms with Gasteiger partial charge in [-0.2, -0.15) is 5.10 Å². The maximum absolute atomic E-state index is 13.7. The number of para-hydroxylation sites is 1. The maximum atomic E-state index is 13.7. The Morgan fingerprint density at radius 1 is 0.794 bits per heavy atom. The van der Waals surface area contributed by atoms with Gasteiger partial charge in [-0.15, -0.1) is 0 Å². The highest BCUT2D eigenvalue weighted by Crippen LogP contribution is 2.27. The lowest BCUT2D eigenvalue weighted by atomic mass is 10.1. The smallest absolute Gasteiger partial charge is 0.269 e. The molecule has 3 aromatic carbocycles. The molecule has 3 heterocycles. The Morgan fingerprint density at radius 3 is 2.24 bits per heavy atom. The zero-order chi connectivity index (χ0) is 23.1. The summed E-state index contributed by atoms with van der Waals surface area (Å²) >= 11 is 6.10. The molecule has 0 saturated carbocycles. The largest absolute Gasteiger partial charge is 0.356 e. The molecule has 34 heavy (non-hydrogen) atoms. The van der Waals surface area contributed by atoms with Crippen LogP contribution in [-0.4, -0.2) is 24.5 Å². The third-order valence-electron chi connectivity index (χ3n) is 5.55. The molecular formula is C26H16ClN5O2. The van der Waals surface area contributed by atoms with E-state index in [2.05, 4.69) is 10.3 Å². The van der Waals surface area contributed by atoms with Crippen LogP contribution in [0.3, 0.4) is 0 Å². The summed E-state index contributed by atoms with van der Waals surface area (Å²) in [7, 11) is 0. The minimum Gasteiger partial charge on any atom is -0.356 e. The fraction of sp³-hybridized carbons (Fsp3) is 0. The maximum Gasteiger partial charge on any atom is 0.269 e. The third-order valence-corrected chi connectivity index (χ3v) is 5.80. The van der Waals surface area contributed by atoms with Crippen molar-refractivity contribution >= 4 is 22.6 Å². The van der Waals surface area contributed by atoms with Crippen molar-refractivity contribution in [2.24, 2.45) is 0 Å². The monoisotopic (exact) mass is 465 g/mol. The van der Waals surface area contributed by atoms with Gasteiger partial charge >= 0.3 is 0 Å². The molecule has 8 heteroatoms. The topological polar surface area (TPSA) is 78.7 Å². The zero-order valence-corrected chi connectivity index (χ0v) is 18.4. The van der Waals surface area contributed by atoms with Crippen LogP contribution in [0.5, 0.6) is 0 Å². The normalized spacial score (nSPS) is 11.2. The Morgan fingerprint density at radius 2 is 1.53 bits per heavy atom. The lowest BCUT2D eigenvalue weighted by Gasteiger charge is -2.14. The summed E-state index contributed by atoms with van der Waals surface area (Å²) in [6.45, 7) is 0. The van der Waals surface area contributed by atoms with Gasteiger partial charge in [0.2, 0.25) is 0 Å². The van der Waals surface area contributed by atoms with E-state index in [0.29, 0.717) is 33.3 Å². The molecule has 0 aliphatic heterocycles. The van der Waals surface area contributed by atoms with Crippen molar-refractivity contribution in [2.75, 3.05) is 0 Å². The van der Waals surface area contributed by atoms with Crippen molar-refractivity contribution in [1.82, 2.24) is 24.5 Å². The summed E-state index contributed by atoms with van der Waals surface area (Å²) in [5, 5.41) is 9.22. The summed E-state index contributed by atoms with van der Waals surface area (Å²) in [6.07, 6.45) is 3.16. The zero-order valence-electron chi connectivity index (χ0n) is 17.7. The van der Waals surface area contributed by atoms with Gasteiger partial charge in [-0.25, -0.2) is 9.67 Å². The van der Waals surface area contributed by atoms with Crippen LogP contribution in [0.4, 0.5) is 0 Å². The first-order chi connectivity index (χ1) is 16.7. The predicted molar refractivity (Wildman–Crippen MR) is 130 cm³/mol. The first kappa shape index (κ1) is 20.1. The van der Waals surface area contributed by atoms with Gasteiger partial charge in [-0.3, -0.25) is 9.36 Å². The first-order valence-corrected chi connectivity index (χ1v) is 10.9. The summed E-state index contributed by atoms with van der Waals surface area (Å²) in [4.78, 5) is 18.6. The molecule has 6 rings (SSSR count). The average molecular weight is 466 g/mol. The standard InChI is InChI=1S/C26H16ClN5O2/c27-19-10-12-20(13-11-19)31-24(18-8-6-17(7-9-18)23-14-15-29-34-23)30-25-22(26(31)33)16-28-32(25)21-4-2-1-3-5-21/h1-16H. The molecule has 7 nitrogen and oxygen atoms in total. The van der Waals surface area contributed by atoms with Gasteiger partial charge < -0.3 is 4.52 Å². The fourth-order valence-corrected chi connectivity index (χ4v) is 4.02. The Bertz CT molecular complexity index is 1650. The second-order valence-electron chi connectivity index (χ2n) is 7.64. The van der Waals surface area contributed by atoms with Crippen LogP contribution in [-0.2, 0) is 0 Å². The van der Waals surface area contributed by atoms with E-state index in [1.807, 2.05) is 54.6 Å². The van der Waals surface area contributed by atoms with Gasteiger partial charge in [-0.1, -0.05) is 59.2 Å². The molecular weight excluding hydrogens is 450 g/mol. The SMILES string of the molecule is O=c1c2cnn(-c3ccccc3)c2nc(-c2ccc(-c3ccno3)cc2)n1-c1ccc(Cl)cc1. The molecule has 6 aromatic rings. The molecule has 164 valence electrons. The van der Waals surface area contributed by atoms with Gasteiger partial charge in [0.1, 0.15) is 11.2 Å². The van der Waals surface area contributed by atoms with Crippen molar-refractivity contribution in [1.29, 1.82) is 0 Å². The van der Waals surface area contributed by atoms with Crippen molar-refractivity contribution in [3.05, 3.63) is 113 Å². The van der Waals surface area contributed by atoms with E-state index in [4.69, 9.17) is 21.1 Å². The van der Waals surface area contributed by atoms with Gasteiger partial charge in [0, 0.05) is 22.2 Å². The van der Waals surface area contributed by atoms with E-state index < -0.39 is 0 Å². The fourth-order valence-electron chi connectivity index (χ4n) is 3.90. The van der Waals surface area contributed by atoms with Crippen LogP contribution in [0.1, 0.15) is 0 Å². The van der Waals surface area contributed by atoms with Crippen LogP contribution in [0.2, 0.25) is 5.02 Å². The summed E-state index contributed by atoms with van der Waals surface area (Å²) in [5.41, 5.74) is 3.38. The van der Waals surface area contributed by atoms with Crippen molar-refractivity contribution in [2.45, 2.75) is 0 Å². The van der Waals surface area contributed by atoms with Crippen LogP contribution < -0.4 is 5.56 Å². The highest BCUT2D eigenvalue weighted by atomic mass is 35.5. The van der Waals surface area contributed by atoms with Gasteiger partial charge in [-0.05, 0) is 36.4 Å². The van der Waals surface area contributed by atoms with Crippen molar-refractivity contribution < 1.29 is 4.52 Å². The second kappa shape index (κ2) is 8.13. The van der Waals surface area contributed by atoms with Crippen molar-refractivity contribution in [3.63, 3.8) is 0 Å². The number of benzene rings is 3. The molecule has 0 N–H and O–H groups in total. The quantitative estimate of drug-likeness (QED) is 0.341. The number of fused-ring (bicyclic) bond motifs is 1. The van der Waals surface area contributed by atoms with E-state index in [0.717, 1.165) is 16.8 Å². The number of nitrogens with zero attached hydrogens (tertiary/aromatic N) is 5.